The van der Waals surface area contributed by atoms with E-state index in [0.29, 0.717) is 42.9 Å². The molecule has 4 rings (SSSR count). The molecule has 2 aromatic heterocycles. The van der Waals surface area contributed by atoms with Crippen molar-refractivity contribution in [1.29, 1.82) is 0 Å². The Morgan fingerprint density at radius 2 is 1.92 bits per heavy atom. The fraction of sp³-hybridized carbons (Fsp3) is 0.200. The Morgan fingerprint density at radius 1 is 1.16 bits per heavy atom. The van der Waals surface area contributed by atoms with Gasteiger partial charge in [0.2, 0.25) is 5.91 Å². The number of hydrogen-bond acceptors (Lipinski definition) is 8. The Labute approximate surface area is 231 Å². The van der Waals surface area contributed by atoms with Crippen molar-refractivity contribution in [2.45, 2.75) is 18.2 Å². The van der Waals surface area contributed by atoms with E-state index in [-0.39, 0.29) is 11.7 Å². The van der Waals surface area contributed by atoms with Gasteiger partial charge in [-0.3, -0.25) is 4.79 Å². The third-order valence-corrected chi connectivity index (χ3v) is 7.74. The van der Waals surface area contributed by atoms with Gasteiger partial charge in [-0.05, 0) is 24.6 Å². The molecule has 0 aliphatic heterocycles. The number of thiophene rings is 1. The highest BCUT2D eigenvalue weighted by Gasteiger charge is 2.23. The minimum Gasteiger partial charge on any atom is -0.481 e. The number of methoxy groups -OCH3 is 1. The average Bonchev–Trinajstić information content (AvgIpc) is 3.48. The van der Waals surface area contributed by atoms with Gasteiger partial charge in [-0.15, -0.1) is 21.5 Å². The summed E-state index contributed by atoms with van der Waals surface area (Å²) in [6.45, 7) is 1.82. The average molecular weight is 578 g/mol. The van der Waals surface area contributed by atoms with Gasteiger partial charge in [-0.25, -0.2) is 4.79 Å². The first-order chi connectivity index (χ1) is 17.8. The van der Waals surface area contributed by atoms with Crippen molar-refractivity contribution >= 4 is 63.2 Å². The van der Waals surface area contributed by atoms with Crippen LogP contribution >= 0.6 is 46.3 Å². The number of rotatable bonds is 9. The van der Waals surface area contributed by atoms with E-state index in [4.69, 9.17) is 32.7 Å². The SMILES string of the molecule is COC(=O)c1c(-c2ccccc2)csc1NC(=O)CSc1nnc(C(C)Oc2cc(Cl)ccc2Cl)n1C. The topological polar surface area (TPSA) is 95.3 Å². The number of aromatic nitrogens is 3. The number of nitrogens with one attached hydrogen (secondary N) is 1. The largest absolute Gasteiger partial charge is 0.481 e. The first-order valence-corrected chi connectivity index (χ1v) is 13.6. The van der Waals surface area contributed by atoms with Crippen LogP contribution in [0.3, 0.4) is 0 Å². The van der Waals surface area contributed by atoms with E-state index < -0.39 is 12.1 Å². The minimum atomic E-state index is -0.519. The molecular weight excluding hydrogens is 555 g/mol. The van der Waals surface area contributed by atoms with Crippen LogP contribution in [0.2, 0.25) is 10.0 Å². The predicted molar refractivity (Wildman–Crippen MR) is 147 cm³/mol. The summed E-state index contributed by atoms with van der Waals surface area (Å²) in [5.41, 5.74) is 1.88. The number of anilines is 1. The number of esters is 1. The van der Waals surface area contributed by atoms with Crippen LogP contribution in [-0.4, -0.2) is 39.5 Å². The summed E-state index contributed by atoms with van der Waals surface area (Å²) in [7, 11) is 3.10. The van der Waals surface area contributed by atoms with Gasteiger partial charge in [-0.1, -0.05) is 65.3 Å². The molecule has 0 aliphatic rings. The number of amides is 1. The van der Waals surface area contributed by atoms with E-state index in [1.807, 2.05) is 42.6 Å². The van der Waals surface area contributed by atoms with Gasteiger partial charge in [0, 0.05) is 29.1 Å². The lowest BCUT2D eigenvalue weighted by atomic mass is 10.0. The molecule has 0 saturated heterocycles. The molecule has 4 aromatic rings. The van der Waals surface area contributed by atoms with Gasteiger partial charge >= 0.3 is 5.97 Å². The molecule has 1 N–H and O–H groups in total. The van der Waals surface area contributed by atoms with E-state index in [1.54, 1.807) is 29.8 Å². The maximum absolute atomic E-state index is 12.8. The quantitative estimate of drug-likeness (QED) is 0.179. The molecule has 192 valence electrons. The summed E-state index contributed by atoms with van der Waals surface area (Å²) in [5, 5.41) is 14.9. The lowest BCUT2D eigenvalue weighted by Crippen LogP contribution is -2.16. The summed E-state index contributed by atoms with van der Waals surface area (Å²) in [6, 6.07) is 14.4. The molecule has 0 aliphatic carbocycles. The van der Waals surface area contributed by atoms with Crippen molar-refractivity contribution in [3.05, 3.63) is 75.3 Å². The minimum absolute atomic E-state index is 0.0561. The highest BCUT2D eigenvalue weighted by molar-refractivity contribution is 7.99. The summed E-state index contributed by atoms with van der Waals surface area (Å²) in [4.78, 5) is 25.3. The molecule has 8 nitrogen and oxygen atoms in total. The number of ether oxygens (including phenoxy) is 2. The third-order valence-electron chi connectivity index (χ3n) is 5.28. The van der Waals surface area contributed by atoms with Crippen LogP contribution in [0.4, 0.5) is 5.00 Å². The standard InChI is InChI=1S/C25H22Cl2N4O4S2/c1-14(35-19-11-16(26)9-10-18(19)27)22-29-30-25(31(22)2)37-13-20(32)28-23-21(24(33)34-3)17(12-36-23)15-7-5-4-6-8-15/h4-12,14H,13H2,1-3H3,(H,28,32). The number of carbonyl (C=O) groups excluding carboxylic acids is 2. The highest BCUT2D eigenvalue weighted by atomic mass is 35.5. The van der Waals surface area contributed by atoms with Crippen LogP contribution in [0.1, 0.15) is 29.2 Å². The second-order valence-electron chi connectivity index (χ2n) is 7.78. The summed E-state index contributed by atoms with van der Waals surface area (Å²) in [6.07, 6.45) is -0.471. The molecule has 0 radical (unpaired) electrons. The van der Waals surface area contributed by atoms with Crippen LogP contribution in [0.15, 0.2) is 59.1 Å². The van der Waals surface area contributed by atoms with Crippen LogP contribution in [0.5, 0.6) is 5.75 Å². The fourth-order valence-corrected chi connectivity index (χ4v) is 5.51. The van der Waals surface area contributed by atoms with E-state index >= 15 is 0 Å². The van der Waals surface area contributed by atoms with Crippen molar-refractivity contribution < 1.29 is 19.1 Å². The van der Waals surface area contributed by atoms with Crippen LogP contribution < -0.4 is 10.1 Å². The summed E-state index contributed by atoms with van der Waals surface area (Å²) < 4.78 is 12.6. The molecule has 1 atom stereocenters. The Kier molecular flexibility index (Phi) is 8.75. The molecule has 12 heteroatoms. The van der Waals surface area contributed by atoms with Crippen molar-refractivity contribution in [2.24, 2.45) is 7.05 Å². The molecule has 0 saturated carbocycles. The number of benzene rings is 2. The maximum Gasteiger partial charge on any atom is 0.341 e. The Bertz CT molecular complexity index is 1430. The molecule has 1 amide bonds. The first-order valence-electron chi connectivity index (χ1n) is 11.0. The smallest absolute Gasteiger partial charge is 0.341 e. The maximum atomic E-state index is 12.8. The number of hydrogen-bond donors (Lipinski definition) is 1. The van der Waals surface area contributed by atoms with Gasteiger partial charge in [0.1, 0.15) is 16.3 Å². The van der Waals surface area contributed by atoms with E-state index in [0.717, 1.165) is 5.56 Å². The monoisotopic (exact) mass is 576 g/mol. The molecular formula is C25H22Cl2N4O4S2. The zero-order chi connectivity index (χ0) is 26.5. The van der Waals surface area contributed by atoms with Crippen molar-refractivity contribution in [2.75, 3.05) is 18.2 Å². The lowest BCUT2D eigenvalue weighted by Gasteiger charge is -2.15. The van der Waals surface area contributed by atoms with E-state index in [2.05, 4.69) is 15.5 Å². The fourth-order valence-electron chi connectivity index (χ4n) is 3.49. The van der Waals surface area contributed by atoms with Crippen molar-refractivity contribution in [3.63, 3.8) is 0 Å². The normalized spacial score (nSPS) is 11.7. The van der Waals surface area contributed by atoms with Gasteiger partial charge in [0.05, 0.1) is 17.9 Å². The molecule has 2 aromatic carbocycles. The van der Waals surface area contributed by atoms with Gasteiger partial charge in [0.15, 0.2) is 17.1 Å². The number of thioether (sulfide) groups is 1. The van der Waals surface area contributed by atoms with E-state index in [1.165, 1.54) is 30.2 Å². The number of halogens is 2. The molecule has 1 unspecified atom stereocenters. The summed E-state index contributed by atoms with van der Waals surface area (Å²) >= 11 is 14.7. The van der Waals surface area contributed by atoms with Gasteiger partial charge in [-0.2, -0.15) is 0 Å². The Balaban J connectivity index is 1.43. The zero-order valence-corrected chi connectivity index (χ0v) is 23.2. The lowest BCUT2D eigenvalue weighted by molar-refractivity contribution is -0.113. The van der Waals surface area contributed by atoms with Crippen LogP contribution in [-0.2, 0) is 16.6 Å². The predicted octanol–water partition coefficient (Wildman–Crippen LogP) is 6.51. The van der Waals surface area contributed by atoms with Crippen molar-refractivity contribution in [1.82, 2.24) is 14.8 Å². The second-order valence-corrected chi connectivity index (χ2v) is 10.4. The molecule has 0 fully saturated rings. The summed E-state index contributed by atoms with van der Waals surface area (Å²) in [5.74, 6) is 0.231. The van der Waals surface area contributed by atoms with Crippen LogP contribution in [0, 0.1) is 0 Å². The Morgan fingerprint density at radius 3 is 2.65 bits per heavy atom. The van der Waals surface area contributed by atoms with Crippen LogP contribution in [0.25, 0.3) is 11.1 Å². The van der Waals surface area contributed by atoms with Gasteiger partial charge in [0.25, 0.3) is 0 Å². The van der Waals surface area contributed by atoms with Crippen molar-refractivity contribution in [3.8, 4) is 16.9 Å². The number of nitrogens with zero attached hydrogens (tertiary/aromatic N) is 3. The molecule has 0 spiro atoms. The molecule has 2 heterocycles. The molecule has 37 heavy (non-hydrogen) atoms. The van der Waals surface area contributed by atoms with E-state index in [9.17, 15) is 9.59 Å². The highest BCUT2D eigenvalue weighted by Crippen LogP contribution is 2.36. The molecule has 0 bridgehead atoms. The zero-order valence-electron chi connectivity index (χ0n) is 20.0. The third kappa shape index (κ3) is 6.27. The Hall–Kier alpha value is -3.05. The number of carbonyl (C=O) groups is 2. The van der Waals surface area contributed by atoms with Gasteiger partial charge < -0.3 is 19.4 Å². The second kappa shape index (κ2) is 12.0. The first kappa shape index (κ1) is 27.0.